The lowest BCUT2D eigenvalue weighted by atomic mass is 9.96. The predicted molar refractivity (Wildman–Crippen MR) is 132 cm³/mol. The van der Waals surface area contributed by atoms with E-state index < -0.39 is 0 Å². The van der Waals surface area contributed by atoms with E-state index >= 15 is 0 Å². The number of pyridine rings is 1. The maximum Gasteiger partial charge on any atom is 0.273 e. The van der Waals surface area contributed by atoms with Crippen LogP contribution in [0.1, 0.15) is 64.4 Å². The summed E-state index contributed by atoms with van der Waals surface area (Å²) in [6.07, 6.45) is 0. The molecular weight excluding hydrogens is 434 g/mol. The van der Waals surface area contributed by atoms with E-state index in [-0.39, 0.29) is 35.7 Å². The summed E-state index contributed by atoms with van der Waals surface area (Å²) in [7, 11) is 6.98. The highest BCUT2D eigenvalue weighted by Crippen LogP contribution is 2.37. The molecule has 0 bridgehead atoms. The fraction of sp³-hybridized carbons (Fsp3) is 0.440. The molecule has 182 valence electrons. The van der Waals surface area contributed by atoms with Crippen LogP contribution in [-0.2, 0) is 6.54 Å². The van der Waals surface area contributed by atoms with E-state index in [1.165, 1.54) is 7.05 Å². The van der Waals surface area contributed by atoms with Gasteiger partial charge in [0.15, 0.2) is 17.2 Å². The number of methoxy groups -OCH3 is 1. The lowest BCUT2D eigenvalue weighted by molar-refractivity contribution is 0.0949. The van der Waals surface area contributed by atoms with Crippen LogP contribution in [0.3, 0.4) is 0 Å². The summed E-state index contributed by atoms with van der Waals surface area (Å²) in [5.74, 6) is 0.911. The van der Waals surface area contributed by atoms with Crippen LogP contribution >= 0.6 is 0 Å². The summed E-state index contributed by atoms with van der Waals surface area (Å²) in [5.41, 5.74) is 3.62. The first-order valence-corrected chi connectivity index (χ1v) is 11.3. The maximum atomic E-state index is 13.3. The van der Waals surface area contributed by atoms with Gasteiger partial charge in [-0.3, -0.25) is 15.0 Å². The zero-order valence-electron chi connectivity index (χ0n) is 20.9. The summed E-state index contributed by atoms with van der Waals surface area (Å²) >= 11 is 0. The molecule has 0 saturated heterocycles. The van der Waals surface area contributed by atoms with Gasteiger partial charge < -0.3 is 24.6 Å². The van der Waals surface area contributed by atoms with Crippen molar-refractivity contribution in [3.05, 3.63) is 46.3 Å². The number of hydrogen-bond acceptors (Lipinski definition) is 7. The Hall–Kier alpha value is -3.62. The molecule has 34 heavy (non-hydrogen) atoms. The molecule has 0 saturated carbocycles. The molecule has 3 rings (SSSR count). The maximum absolute atomic E-state index is 13.3. The average molecular weight is 468 g/mol. The fourth-order valence-electron chi connectivity index (χ4n) is 4.02. The molecule has 1 amide bonds. The minimum absolute atomic E-state index is 0.0190. The Bertz CT molecular complexity index is 1100. The van der Waals surface area contributed by atoms with Crippen molar-refractivity contribution in [2.45, 2.75) is 33.2 Å². The highest BCUT2D eigenvalue weighted by molar-refractivity contribution is 6.06. The van der Waals surface area contributed by atoms with Crippen molar-refractivity contribution in [2.75, 3.05) is 46.3 Å². The summed E-state index contributed by atoms with van der Waals surface area (Å²) in [5, 5.41) is 11.2. The van der Waals surface area contributed by atoms with Gasteiger partial charge in [-0.15, -0.1) is 0 Å². The number of ether oxygens (including phenoxy) is 2. The molecule has 2 aromatic rings. The molecule has 0 fully saturated rings. The standard InChI is InChI=1S/C25H33N5O4/c1-8-34-20-11-16-12-30(24(26)21(16)28-22(20)25(32)27-4)13-19(31)15-9-17(14(2)3)23(33-7)18(10-15)29(5)6/h9-11,14,26H,8,12-13H2,1-7H3,(H,27,32). The third kappa shape index (κ3) is 4.69. The molecular formula is C25H33N5O4. The number of fused-ring (bicyclic) bond motifs is 1. The average Bonchev–Trinajstić information content (AvgIpc) is 3.11. The molecule has 0 aliphatic carbocycles. The molecule has 0 radical (unpaired) electrons. The molecule has 9 nitrogen and oxygen atoms in total. The molecule has 2 N–H and O–H groups in total. The number of aromatic nitrogens is 1. The molecule has 0 spiro atoms. The summed E-state index contributed by atoms with van der Waals surface area (Å²) < 4.78 is 11.3. The van der Waals surface area contributed by atoms with E-state index in [0.29, 0.717) is 30.2 Å². The Morgan fingerprint density at radius 2 is 1.97 bits per heavy atom. The van der Waals surface area contributed by atoms with Gasteiger partial charge in [-0.2, -0.15) is 0 Å². The van der Waals surface area contributed by atoms with Crippen LogP contribution in [0, 0.1) is 5.41 Å². The van der Waals surface area contributed by atoms with E-state index in [0.717, 1.165) is 22.6 Å². The second kappa shape index (κ2) is 10.1. The quantitative estimate of drug-likeness (QED) is 0.546. The third-order valence-electron chi connectivity index (χ3n) is 5.77. The molecule has 1 aromatic heterocycles. The number of nitrogens with zero attached hydrogens (tertiary/aromatic N) is 3. The highest BCUT2D eigenvalue weighted by atomic mass is 16.5. The Labute approximate surface area is 200 Å². The number of anilines is 1. The highest BCUT2D eigenvalue weighted by Gasteiger charge is 2.31. The van der Waals surface area contributed by atoms with Gasteiger partial charge in [0.05, 0.1) is 25.9 Å². The van der Waals surface area contributed by atoms with Crippen molar-refractivity contribution >= 4 is 23.2 Å². The first-order chi connectivity index (χ1) is 16.1. The van der Waals surface area contributed by atoms with E-state index in [1.54, 1.807) is 18.1 Å². The number of carbonyl (C=O) groups excluding carboxylic acids is 2. The zero-order chi connectivity index (χ0) is 25.2. The summed E-state index contributed by atoms with van der Waals surface area (Å²) in [6, 6.07) is 5.44. The third-order valence-corrected chi connectivity index (χ3v) is 5.77. The molecule has 0 atom stereocenters. The first kappa shape index (κ1) is 25.0. The zero-order valence-corrected chi connectivity index (χ0v) is 20.9. The topological polar surface area (TPSA) is 108 Å². The number of amides is 1. The van der Waals surface area contributed by atoms with Crippen LogP contribution in [0.25, 0.3) is 0 Å². The Kier molecular flexibility index (Phi) is 7.44. The SMILES string of the molecule is CCOc1cc2c(nc1C(=O)NC)C(=N)N(CC(=O)c1cc(C(C)C)c(OC)c(N(C)C)c1)C2. The summed E-state index contributed by atoms with van der Waals surface area (Å²) in [4.78, 5) is 33.6. The van der Waals surface area contributed by atoms with Crippen LogP contribution in [0.5, 0.6) is 11.5 Å². The van der Waals surface area contributed by atoms with Crippen LogP contribution < -0.4 is 19.7 Å². The van der Waals surface area contributed by atoms with Crippen molar-refractivity contribution < 1.29 is 19.1 Å². The molecule has 9 heteroatoms. The second-order valence-corrected chi connectivity index (χ2v) is 8.65. The number of nitrogens with one attached hydrogen (secondary N) is 2. The molecule has 1 aliphatic heterocycles. The number of benzene rings is 1. The Morgan fingerprint density at radius 1 is 1.26 bits per heavy atom. The van der Waals surface area contributed by atoms with E-state index in [2.05, 4.69) is 24.1 Å². The lowest BCUT2D eigenvalue weighted by Gasteiger charge is -2.23. The van der Waals surface area contributed by atoms with Gasteiger partial charge in [0.1, 0.15) is 17.3 Å². The number of amidine groups is 1. The molecule has 1 aromatic carbocycles. The minimum atomic E-state index is -0.385. The summed E-state index contributed by atoms with van der Waals surface area (Å²) in [6.45, 7) is 6.69. The lowest BCUT2D eigenvalue weighted by Crippen LogP contribution is -2.31. The number of hydrogen-bond donors (Lipinski definition) is 2. The van der Waals surface area contributed by atoms with Crippen LogP contribution in [-0.4, -0.2) is 68.8 Å². The Balaban J connectivity index is 1.92. The number of ketones is 1. The molecule has 2 heterocycles. The fourth-order valence-corrected chi connectivity index (χ4v) is 4.02. The molecule has 0 unspecified atom stereocenters. The van der Waals surface area contributed by atoms with E-state index in [1.807, 2.05) is 38.1 Å². The van der Waals surface area contributed by atoms with Crippen molar-refractivity contribution in [3.63, 3.8) is 0 Å². The van der Waals surface area contributed by atoms with Gasteiger partial charge in [-0.05, 0) is 36.6 Å². The van der Waals surface area contributed by atoms with Gasteiger partial charge in [0, 0.05) is 38.8 Å². The van der Waals surface area contributed by atoms with E-state index in [4.69, 9.17) is 14.9 Å². The minimum Gasteiger partial charge on any atom is -0.494 e. The van der Waals surface area contributed by atoms with E-state index in [9.17, 15) is 9.59 Å². The number of rotatable bonds is 9. The second-order valence-electron chi connectivity index (χ2n) is 8.65. The smallest absolute Gasteiger partial charge is 0.273 e. The van der Waals surface area contributed by atoms with Gasteiger partial charge >= 0.3 is 0 Å². The monoisotopic (exact) mass is 467 g/mol. The van der Waals surface area contributed by atoms with Crippen molar-refractivity contribution in [3.8, 4) is 11.5 Å². The van der Waals surface area contributed by atoms with Gasteiger partial charge in [0.2, 0.25) is 0 Å². The van der Waals surface area contributed by atoms with Crippen molar-refractivity contribution in [1.29, 1.82) is 5.41 Å². The van der Waals surface area contributed by atoms with Crippen LogP contribution in [0.4, 0.5) is 5.69 Å². The normalized spacial score (nSPS) is 12.6. The van der Waals surface area contributed by atoms with Crippen LogP contribution in [0.2, 0.25) is 0 Å². The number of carbonyl (C=O) groups is 2. The van der Waals surface area contributed by atoms with Gasteiger partial charge in [0.25, 0.3) is 5.91 Å². The molecule has 1 aliphatic rings. The predicted octanol–water partition coefficient (Wildman–Crippen LogP) is 3.06. The number of Topliss-reactive ketones (excluding diaryl/α,β-unsaturated/α-hetero) is 1. The largest absolute Gasteiger partial charge is 0.494 e. The van der Waals surface area contributed by atoms with Crippen molar-refractivity contribution in [1.82, 2.24) is 15.2 Å². The van der Waals surface area contributed by atoms with Gasteiger partial charge in [-0.25, -0.2) is 4.98 Å². The van der Waals surface area contributed by atoms with Crippen LogP contribution in [0.15, 0.2) is 18.2 Å². The van der Waals surface area contributed by atoms with Crippen molar-refractivity contribution in [2.24, 2.45) is 0 Å². The Morgan fingerprint density at radius 3 is 2.53 bits per heavy atom. The van der Waals surface area contributed by atoms with Gasteiger partial charge in [-0.1, -0.05) is 13.8 Å². The first-order valence-electron chi connectivity index (χ1n) is 11.3.